The van der Waals surface area contributed by atoms with E-state index in [-0.39, 0.29) is 21.6 Å². The Balaban J connectivity index is 1.82. The number of carbonyl (C=O) groups is 1. The van der Waals surface area contributed by atoms with E-state index in [4.69, 9.17) is 16.3 Å². The zero-order chi connectivity index (χ0) is 20.3. The van der Waals surface area contributed by atoms with Gasteiger partial charge in [0.2, 0.25) is 0 Å². The van der Waals surface area contributed by atoms with E-state index in [1.807, 2.05) is 0 Å². The van der Waals surface area contributed by atoms with Crippen molar-refractivity contribution >= 4 is 33.2 Å². The third kappa shape index (κ3) is 4.45. The summed E-state index contributed by atoms with van der Waals surface area (Å²) in [6.45, 7) is 1.01. The molecular weight excluding hydrogens is 407 g/mol. The van der Waals surface area contributed by atoms with E-state index in [0.29, 0.717) is 18.8 Å². The van der Waals surface area contributed by atoms with Gasteiger partial charge in [0.1, 0.15) is 5.82 Å². The molecule has 2 aromatic carbocycles. The molecule has 2 aromatic rings. The van der Waals surface area contributed by atoms with E-state index in [1.165, 1.54) is 49.5 Å². The topological polar surface area (TPSA) is 75.7 Å². The predicted octanol–water partition coefficient (Wildman–Crippen LogP) is 3.21. The van der Waals surface area contributed by atoms with Gasteiger partial charge in [-0.3, -0.25) is 9.10 Å². The van der Waals surface area contributed by atoms with E-state index in [0.717, 1.165) is 17.1 Å². The lowest BCUT2D eigenvalue weighted by molar-refractivity contribution is 0.0857. The Kier molecular flexibility index (Phi) is 6.22. The number of amides is 1. The second kappa shape index (κ2) is 8.46. The molecule has 0 unspecified atom stereocenters. The maximum atomic E-state index is 13.1. The number of hydrogen-bond acceptors (Lipinski definition) is 4. The number of hydrogen-bond donors (Lipinski definition) is 1. The number of ether oxygens (including phenoxy) is 1. The van der Waals surface area contributed by atoms with Gasteiger partial charge in [-0.1, -0.05) is 11.6 Å². The van der Waals surface area contributed by atoms with Gasteiger partial charge < -0.3 is 10.1 Å². The number of carbonyl (C=O) groups excluding carboxylic acids is 1. The molecule has 1 N–H and O–H groups in total. The quantitative estimate of drug-likeness (QED) is 0.769. The number of rotatable bonds is 6. The van der Waals surface area contributed by atoms with Crippen molar-refractivity contribution in [2.24, 2.45) is 0 Å². The van der Waals surface area contributed by atoms with E-state index in [9.17, 15) is 17.6 Å². The Bertz CT molecular complexity index is 960. The molecule has 1 heterocycles. The molecule has 0 aliphatic carbocycles. The number of halogens is 2. The summed E-state index contributed by atoms with van der Waals surface area (Å²) in [7, 11) is -2.61. The van der Waals surface area contributed by atoms with Crippen molar-refractivity contribution in [3.05, 3.63) is 58.9 Å². The number of sulfonamides is 1. The molecule has 1 aliphatic rings. The lowest BCUT2D eigenvalue weighted by Gasteiger charge is -2.20. The van der Waals surface area contributed by atoms with Crippen LogP contribution < -0.4 is 9.62 Å². The summed E-state index contributed by atoms with van der Waals surface area (Å²) in [5.41, 5.74) is 0.356. The fourth-order valence-corrected chi connectivity index (χ4v) is 4.32. The second-order valence-electron chi connectivity index (χ2n) is 6.44. The minimum absolute atomic E-state index is 0.0424. The molecule has 0 radical (unpaired) electrons. The van der Waals surface area contributed by atoms with Gasteiger partial charge in [0.05, 0.1) is 27.3 Å². The molecule has 1 amide bonds. The fraction of sp³-hybridized carbons (Fsp3) is 0.316. The summed E-state index contributed by atoms with van der Waals surface area (Å²) in [6, 6.07) is 9.00. The highest BCUT2D eigenvalue weighted by Crippen LogP contribution is 2.26. The van der Waals surface area contributed by atoms with Gasteiger partial charge >= 0.3 is 0 Å². The van der Waals surface area contributed by atoms with Crippen LogP contribution in [0.15, 0.2) is 47.4 Å². The van der Waals surface area contributed by atoms with Crippen molar-refractivity contribution in [3.63, 3.8) is 0 Å². The molecule has 150 valence electrons. The van der Waals surface area contributed by atoms with Crippen molar-refractivity contribution < 1.29 is 22.3 Å². The van der Waals surface area contributed by atoms with E-state index >= 15 is 0 Å². The van der Waals surface area contributed by atoms with Crippen LogP contribution in [0.3, 0.4) is 0 Å². The Hall–Kier alpha value is -2.16. The van der Waals surface area contributed by atoms with Gasteiger partial charge in [-0.2, -0.15) is 0 Å². The molecule has 3 rings (SSSR count). The summed E-state index contributed by atoms with van der Waals surface area (Å²) < 4.78 is 45.4. The molecule has 0 saturated carbocycles. The Labute approximate surface area is 168 Å². The summed E-state index contributed by atoms with van der Waals surface area (Å²) in [6.07, 6.45) is 1.77. The van der Waals surface area contributed by atoms with Crippen LogP contribution in [-0.2, 0) is 14.8 Å². The van der Waals surface area contributed by atoms with Crippen LogP contribution in [0.4, 0.5) is 10.1 Å². The number of anilines is 1. The lowest BCUT2D eigenvalue weighted by Crippen LogP contribution is -2.32. The van der Waals surface area contributed by atoms with Gasteiger partial charge in [0.15, 0.2) is 0 Å². The van der Waals surface area contributed by atoms with E-state index in [1.54, 1.807) is 0 Å². The molecule has 6 nitrogen and oxygen atoms in total. The van der Waals surface area contributed by atoms with Crippen molar-refractivity contribution in [1.82, 2.24) is 5.32 Å². The minimum atomic E-state index is -3.96. The maximum absolute atomic E-state index is 13.1. The molecule has 1 atom stereocenters. The van der Waals surface area contributed by atoms with Crippen molar-refractivity contribution in [1.29, 1.82) is 0 Å². The highest BCUT2D eigenvalue weighted by Gasteiger charge is 2.24. The van der Waals surface area contributed by atoms with E-state index in [2.05, 4.69) is 5.32 Å². The van der Waals surface area contributed by atoms with Crippen LogP contribution in [0.5, 0.6) is 0 Å². The average Bonchev–Trinajstić information content (AvgIpc) is 3.20. The van der Waals surface area contributed by atoms with Gasteiger partial charge in [0, 0.05) is 20.2 Å². The van der Waals surface area contributed by atoms with Gasteiger partial charge in [0.25, 0.3) is 15.9 Å². The van der Waals surface area contributed by atoms with Crippen molar-refractivity contribution in [3.8, 4) is 0 Å². The summed E-state index contributed by atoms with van der Waals surface area (Å²) >= 11 is 6.11. The zero-order valence-electron chi connectivity index (χ0n) is 15.2. The lowest BCUT2D eigenvalue weighted by atomic mass is 10.2. The standard InChI is InChI=1S/C19H20ClFN2O4S/c1-23(14-6-4-13(21)5-7-14)28(25,26)16-8-9-18(20)17(11-16)19(24)22-12-15-3-2-10-27-15/h4-9,11,15H,2-3,10,12H2,1H3,(H,22,24)/t15-/m0/s1. The van der Waals surface area contributed by atoms with Gasteiger partial charge in [-0.15, -0.1) is 0 Å². The number of nitrogens with one attached hydrogen (secondary N) is 1. The SMILES string of the molecule is CN(c1ccc(F)cc1)S(=O)(=O)c1ccc(Cl)c(C(=O)NC[C@@H]2CCCO2)c1. The first-order chi connectivity index (χ1) is 13.3. The summed E-state index contributed by atoms with van der Waals surface area (Å²) in [5.74, 6) is -0.937. The van der Waals surface area contributed by atoms with Crippen LogP contribution >= 0.6 is 11.6 Å². The molecule has 9 heteroatoms. The fourth-order valence-electron chi connectivity index (χ4n) is 2.89. The smallest absolute Gasteiger partial charge is 0.264 e. The highest BCUT2D eigenvalue weighted by molar-refractivity contribution is 7.92. The molecule has 0 spiro atoms. The minimum Gasteiger partial charge on any atom is -0.376 e. The van der Waals surface area contributed by atoms with E-state index < -0.39 is 21.7 Å². The monoisotopic (exact) mass is 426 g/mol. The summed E-state index contributed by atoms with van der Waals surface area (Å²) in [4.78, 5) is 12.4. The molecule has 0 aromatic heterocycles. The molecule has 28 heavy (non-hydrogen) atoms. The van der Waals surface area contributed by atoms with Crippen LogP contribution in [0.1, 0.15) is 23.2 Å². The number of benzene rings is 2. The first-order valence-corrected chi connectivity index (χ1v) is 10.5. The average molecular weight is 427 g/mol. The Morgan fingerprint density at radius 3 is 2.64 bits per heavy atom. The second-order valence-corrected chi connectivity index (χ2v) is 8.81. The van der Waals surface area contributed by atoms with Gasteiger partial charge in [-0.25, -0.2) is 12.8 Å². The third-order valence-corrected chi connectivity index (χ3v) is 6.66. The predicted molar refractivity (Wildman–Crippen MR) is 105 cm³/mol. The molecule has 1 fully saturated rings. The summed E-state index contributed by atoms with van der Waals surface area (Å²) in [5, 5.41) is 2.88. The first-order valence-electron chi connectivity index (χ1n) is 8.73. The van der Waals surface area contributed by atoms with Crippen LogP contribution in [0.2, 0.25) is 5.02 Å². The maximum Gasteiger partial charge on any atom is 0.264 e. The Morgan fingerprint density at radius 1 is 1.29 bits per heavy atom. The largest absolute Gasteiger partial charge is 0.376 e. The van der Waals surface area contributed by atoms with Crippen molar-refractivity contribution in [2.75, 3.05) is 24.5 Å². The van der Waals surface area contributed by atoms with Crippen LogP contribution in [0, 0.1) is 5.82 Å². The molecular formula is C19H20ClFN2O4S. The molecule has 1 aliphatic heterocycles. The number of nitrogens with zero attached hydrogens (tertiary/aromatic N) is 1. The zero-order valence-corrected chi connectivity index (χ0v) is 16.8. The third-order valence-electron chi connectivity index (χ3n) is 4.55. The van der Waals surface area contributed by atoms with Crippen LogP contribution in [0.25, 0.3) is 0 Å². The van der Waals surface area contributed by atoms with Crippen LogP contribution in [-0.4, -0.2) is 40.6 Å². The Morgan fingerprint density at radius 2 is 2.00 bits per heavy atom. The molecule has 1 saturated heterocycles. The molecule has 0 bridgehead atoms. The van der Waals surface area contributed by atoms with Crippen molar-refractivity contribution in [2.45, 2.75) is 23.8 Å². The highest BCUT2D eigenvalue weighted by atomic mass is 35.5. The first kappa shape index (κ1) is 20.6. The normalized spacial score (nSPS) is 16.8. The van der Waals surface area contributed by atoms with Gasteiger partial charge in [-0.05, 0) is 55.3 Å².